The molecule has 0 rings (SSSR count). The first-order valence-corrected chi connectivity index (χ1v) is 51.8. The maximum absolute atomic E-state index is 13.1. The molecular formula is C103H178O16P2. The van der Waals surface area contributed by atoms with Crippen LogP contribution in [-0.4, -0.2) is 95.9 Å². The first-order chi connectivity index (χ1) is 59.2. The van der Waals surface area contributed by atoms with Crippen LogP contribution >= 0.6 is 15.6 Å². The highest BCUT2D eigenvalue weighted by molar-refractivity contribution is 7.47. The Morgan fingerprint density at radius 1 is 0.240 bits per heavy atom. The molecule has 0 spiro atoms. The minimum absolute atomic E-state index is 0.0892. The smallest absolute Gasteiger partial charge is 0.463 e. The summed E-state index contributed by atoms with van der Waals surface area (Å²) in [6, 6.07) is 0. The van der Waals surface area contributed by atoms with E-state index in [9.17, 15) is 43.5 Å². The number of hydrogen-bond acceptors (Lipinski definition) is 14. The minimum Gasteiger partial charge on any atom is -0.463 e. The van der Waals surface area contributed by atoms with Crippen LogP contribution < -0.4 is 0 Å². The summed E-state index contributed by atoms with van der Waals surface area (Å²) in [5.41, 5.74) is 0. The van der Waals surface area contributed by atoms with Crippen molar-refractivity contribution in [1.29, 1.82) is 0 Å². The van der Waals surface area contributed by atoms with Crippen molar-refractivity contribution in [2.24, 2.45) is 0 Å². The van der Waals surface area contributed by atoms with Gasteiger partial charge in [-0.2, -0.15) is 0 Å². The number of esters is 3. The maximum atomic E-state index is 13.1. The second kappa shape index (κ2) is 94.3. The lowest BCUT2D eigenvalue weighted by Gasteiger charge is -2.21. The predicted molar refractivity (Wildman–Crippen MR) is 509 cm³/mol. The van der Waals surface area contributed by atoms with Gasteiger partial charge in [0.15, 0.2) is 6.10 Å². The maximum Gasteiger partial charge on any atom is 0.472 e. The van der Waals surface area contributed by atoms with Gasteiger partial charge >= 0.3 is 33.6 Å². The van der Waals surface area contributed by atoms with Crippen molar-refractivity contribution in [2.75, 3.05) is 39.6 Å². The van der Waals surface area contributed by atoms with Gasteiger partial charge in [-0.15, -0.1) is 0 Å². The van der Waals surface area contributed by atoms with Crippen LogP contribution in [0.4, 0.5) is 0 Å². The van der Waals surface area contributed by atoms with E-state index in [2.05, 4.69) is 179 Å². The first kappa shape index (κ1) is 116. The first-order valence-electron chi connectivity index (χ1n) is 48.8. The fourth-order valence-corrected chi connectivity index (χ4v) is 14.9. The van der Waals surface area contributed by atoms with Crippen molar-refractivity contribution < 1.29 is 75.8 Å². The number of aliphatic hydroxyl groups is 2. The average Bonchev–Trinajstić information content (AvgIpc) is 0.895. The van der Waals surface area contributed by atoms with Gasteiger partial charge in [-0.1, -0.05) is 403 Å². The van der Waals surface area contributed by atoms with Crippen LogP contribution in [-0.2, 0) is 55.8 Å². The quantitative estimate of drug-likeness (QED) is 0.0146. The minimum atomic E-state index is -4.95. The van der Waals surface area contributed by atoms with Crippen LogP contribution in [0, 0.1) is 0 Å². The van der Waals surface area contributed by atoms with Gasteiger partial charge in [0.1, 0.15) is 25.4 Å². The molecule has 0 amide bonds. The summed E-state index contributed by atoms with van der Waals surface area (Å²) in [5, 5.41) is 20.8. The van der Waals surface area contributed by atoms with E-state index in [0.717, 1.165) is 161 Å². The Morgan fingerprint density at radius 3 is 0.694 bits per heavy atom. The summed E-state index contributed by atoms with van der Waals surface area (Å²) in [5.74, 6) is -1.57. The highest BCUT2D eigenvalue weighted by Crippen LogP contribution is 2.45. The number of allylic oxidation sites excluding steroid dienone is 26. The van der Waals surface area contributed by atoms with Crippen LogP contribution in [0.5, 0.6) is 0 Å². The van der Waals surface area contributed by atoms with Gasteiger partial charge in [-0.3, -0.25) is 32.5 Å². The highest BCUT2D eigenvalue weighted by atomic mass is 31.2. The largest absolute Gasteiger partial charge is 0.472 e. The number of carbonyl (C=O) groups is 3. The highest BCUT2D eigenvalue weighted by Gasteiger charge is 2.30. The summed E-state index contributed by atoms with van der Waals surface area (Å²) in [6.45, 7) is 2.56. The zero-order valence-corrected chi connectivity index (χ0v) is 78.7. The topological polar surface area (TPSA) is 231 Å². The molecule has 0 aromatic carbocycles. The van der Waals surface area contributed by atoms with Crippen molar-refractivity contribution in [3.05, 3.63) is 158 Å². The lowest BCUT2D eigenvalue weighted by Crippen LogP contribution is -2.30. The standard InChI is InChI=1S/C103H178O16P2/c1-4-7-10-13-16-19-22-25-28-31-34-36-38-40-42-44-46-48-50-52-54-56-58-60-63-65-68-71-74-77-80-83-86-89-101(106)113-92-98(104)93-115-120(109,110)116-94-99(105)95-117-121(111,112)118-97-100(119-103(108)91-88-85-82-79-76-73-70-67-62-33-30-27-24-21-18-15-12-9-6-3)96-114-102(107)90-87-84-81-78-75-72-69-66-64-61-59-57-55-53-51-49-47-45-43-41-39-37-35-32-29-26-23-20-17-14-11-8-5-2/h7,10,16-21,25-30,34-37,40-43,46,48,62,67,98-100,104-105H,4-6,8-9,11-15,22-24,31-33,38-39,44-45,47,49-61,63-66,68-97H2,1-3H3,(H,109,110)(H,111,112)/b10-7-,19-16-,20-17-,21-18-,28-25-,29-26-,30-27-,36-34-,37-35-,42-40-,43-41-,48-46-,67-62-. The van der Waals surface area contributed by atoms with E-state index in [1.165, 1.54) is 199 Å². The van der Waals surface area contributed by atoms with Crippen LogP contribution in [0.15, 0.2) is 158 Å². The number of hydrogen-bond donors (Lipinski definition) is 4. The summed E-state index contributed by atoms with van der Waals surface area (Å²) < 4.78 is 61.5. The number of aliphatic hydroxyl groups excluding tert-OH is 2. The Morgan fingerprint density at radius 2 is 0.438 bits per heavy atom. The zero-order valence-electron chi connectivity index (χ0n) is 76.9. The lowest BCUT2D eigenvalue weighted by atomic mass is 10.0. The monoisotopic (exact) mass is 1730 g/mol. The Bertz CT molecular complexity index is 2830. The van der Waals surface area contributed by atoms with Crippen molar-refractivity contribution in [1.82, 2.24) is 0 Å². The molecule has 0 aromatic rings. The van der Waals surface area contributed by atoms with E-state index >= 15 is 0 Å². The molecule has 696 valence electrons. The number of rotatable bonds is 92. The number of phosphoric acid groups is 2. The van der Waals surface area contributed by atoms with Crippen LogP contribution in [0.25, 0.3) is 0 Å². The van der Waals surface area contributed by atoms with Crippen molar-refractivity contribution in [3.63, 3.8) is 0 Å². The van der Waals surface area contributed by atoms with Crippen molar-refractivity contribution in [2.45, 2.75) is 437 Å². The van der Waals surface area contributed by atoms with Gasteiger partial charge in [-0.05, 0) is 154 Å². The molecule has 0 bridgehead atoms. The van der Waals surface area contributed by atoms with E-state index in [4.69, 9.17) is 32.3 Å². The van der Waals surface area contributed by atoms with E-state index < -0.39 is 91.5 Å². The Hall–Kier alpha value is -4.83. The number of unbranched alkanes of at least 4 members (excludes halogenated alkanes) is 43. The molecule has 5 unspecified atom stereocenters. The fraction of sp³-hybridized carbons (Fsp3) is 0.718. The summed E-state index contributed by atoms with van der Waals surface area (Å²) >= 11 is 0. The summed E-state index contributed by atoms with van der Waals surface area (Å²) in [6.07, 6.45) is 122. The molecule has 18 heteroatoms. The second-order valence-corrected chi connectivity index (χ2v) is 35.4. The molecule has 0 aliphatic rings. The molecule has 4 N–H and O–H groups in total. The van der Waals surface area contributed by atoms with E-state index in [1.54, 1.807) is 0 Å². The normalized spacial score (nSPS) is 14.4. The summed E-state index contributed by atoms with van der Waals surface area (Å²) in [7, 11) is -9.81. The molecule has 16 nitrogen and oxygen atoms in total. The lowest BCUT2D eigenvalue weighted by molar-refractivity contribution is -0.161. The van der Waals surface area contributed by atoms with Gasteiger partial charge in [0.25, 0.3) is 0 Å². The number of ether oxygens (including phenoxy) is 3. The molecule has 121 heavy (non-hydrogen) atoms. The number of phosphoric ester groups is 2. The van der Waals surface area contributed by atoms with Crippen molar-refractivity contribution in [3.8, 4) is 0 Å². The van der Waals surface area contributed by atoms with Crippen LogP contribution in [0.3, 0.4) is 0 Å². The van der Waals surface area contributed by atoms with Gasteiger partial charge in [0, 0.05) is 19.3 Å². The van der Waals surface area contributed by atoms with E-state index in [0.29, 0.717) is 19.3 Å². The van der Waals surface area contributed by atoms with Gasteiger partial charge in [0.05, 0.1) is 26.4 Å². The zero-order chi connectivity index (χ0) is 87.9. The summed E-state index contributed by atoms with van der Waals surface area (Å²) in [4.78, 5) is 59.1. The van der Waals surface area contributed by atoms with Gasteiger partial charge in [0.2, 0.25) is 0 Å². The van der Waals surface area contributed by atoms with Crippen LogP contribution in [0.1, 0.15) is 419 Å². The third-order valence-corrected chi connectivity index (χ3v) is 22.6. The average molecular weight is 1730 g/mol. The van der Waals surface area contributed by atoms with Gasteiger partial charge in [-0.25, -0.2) is 9.13 Å². The fourth-order valence-electron chi connectivity index (χ4n) is 13.3. The molecule has 5 atom stereocenters. The molecule has 0 radical (unpaired) electrons. The van der Waals surface area contributed by atoms with Gasteiger partial charge < -0.3 is 34.2 Å². The molecule has 0 aromatic heterocycles. The predicted octanol–water partition coefficient (Wildman–Crippen LogP) is 30.5. The Balaban J connectivity index is 4.52. The third kappa shape index (κ3) is 95.7. The molecule has 0 fully saturated rings. The number of carbonyl (C=O) groups excluding carboxylic acids is 3. The SMILES string of the molecule is CC/C=C\C/C=C\C/C=C\C/C=C\C/C=C\C/C=C\CCCCCCCCCCCCCCCCC(=O)OCC(O)COP(=O)(O)OCC(O)COP(=O)(O)OCC(COC(=O)CCCCCCCCCCCCCCCCCCC/C=C\C/C=C\C/C=C\C/C=C\CCCCC)OC(=O)CCCCCCCC/C=C\C/C=C\C/C=C\CCCCC. The van der Waals surface area contributed by atoms with Crippen molar-refractivity contribution >= 4 is 33.6 Å². The Kier molecular flexibility index (Phi) is 90.5. The second-order valence-electron chi connectivity index (χ2n) is 32.5. The molecule has 0 aliphatic heterocycles. The molecule has 0 aliphatic carbocycles. The van der Waals surface area contributed by atoms with Crippen LogP contribution in [0.2, 0.25) is 0 Å². The molecule has 0 saturated carbocycles. The molecular weight excluding hydrogens is 1560 g/mol. The van der Waals surface area contributed by atoms with E-state index in [-0.39, 0.29) is 19.3 Å². The Labute approximate surface area is 740 Å². The molecule has 0 saturated heterocycles. The van der Waals surface area contributed by atoms with E-state index in [1.807, 2.05) is 0 Å². The molecule has 0 heterocycles. The third-order valence-electron chi connectivity index (χ3n) is 20.7.